The maximum atomic E-state index is 2.30. The summed E-state index contributed by atoms with van der Waals surface area (Å²) in [6.07, 6.45) is 2.15. The van der Waals surface area contributed by atoms with Gasteiger partial charge in [-0.05, 0) is 30.2 Å². The number of pyridine rings is 1. The van der Waals surface area contributed by atoms with Crippen molar-refractivity contribution in [3.05, 3.63) is 78.5 Å². The first-order valence-corrected chi connectivity index (χ1v) is 6.90. The molecule has 4 rings (SSSR count). The van der Waals surface area contributed by atoms with Gasteiger partial charge in [-0.1, -0.05) is 54.6 Å². The van der Waals surface area contributed by atoms with E-state index in [1.807, 2.05) is 0 Å². The van der Waals surface area contributed by atoms with Gasteiger partial charge in [0, 0.05) is 17.1 Å². The Balaban J connectivity index is 2.26. The van der Waals surface area contributed by atoms with Crippen LogP contribution in [0.25, 0.3) is 27.5 Å². The van der Waals surface area contributed by atoms with Crippen LogP contribution in [0.15, 0.2) is 72.9 Å². The zero-order valence-corrected chi connectivity index (χ0v) is 11.4. The Bertz CT molecular complexity index is 901. The molecule has 2 aromatic heterocycles. The molecule has 0 spiro atoms. The molecule has 4 aromatic rings. The van der Waals surface area contributed by atoms with Gasteiger partial charge in [0.05, 0.1) is 11.0 Å². The monoisotopic (exact) mass is 257 g/mol. The van der Waals surface area contributed by atoms with Crippen LogP contribution >= 0.6 is 0 Å². The highest BCUT2D eigenvalue weighted by Gasteiger charge is 2.13. The summed E-state index contributed by atoms with van der Waals surface area (Å²) in [7, 11) is 0. The maximum absolute atomic E-state index is 2.30. The fourth-order valence-corrected chi connectivity index (χ4v) is 3.07. The van der Waals surface area contributed by atoms with Gasteiger partial charge in [0.2, 0.25) is 0 Å². The Hall–Kier alpha value is -2.54. The first kappa shape index (κ1) is 11.3. The Kier molecular flexibility index (Phi) is 2.40. The molecule has 0 fully saturated rings. The smallest absolute Gasteiger partial charge is 0.0564 e. The van der Waals surface area contributed by atoms with Crippen LogP contribution in [0.4, 0.5) is 0 Å². The minimum absolute atomic E-state index is 1.27. The Morgan fingerprint density at radius 3 is 2.40 bits per heavy atom. The summed E-state index contributed by atoms with van der Waals surface area (Å²) in [5, 5.41) is 1.32. The summed E-state index contributed by atoms with van der Waals surface area (Å²) in [5.41, 5.74) is 6.48. The Morgan fingerprint density at radius 1 is 0.750 bits per heavy atom. The molecule has 0 saturated carbocycles. The standard InChI is InChI=1S/C19H15N/c1-14-8-7-11-16-18(15-9-3-2-4-10-15)17-12-5-6-13-20(17)19(14)16/h2-13H,1H3. The number of para-hydroxylation sites is 1. The third-order valence-electron chi connectivity index (χ3n) is 3.93. The molecule has 0 saturated heterocycles. The van der Waals surface area contributed by atoms with Crippen molar-refractivity contribution in [3.8, 4) is 11.1 Å². The lowest BCUT2D eigenvalue weighted by molar-refractivity contribution is 1.24. The molecule has 0 aliphatic carbocycles. The van der Waals surface area contributed by atoms with Crippen LogP contribution in [-0.2, 0) is 0 Å². The number of hydrogen-bond acceptors (Lipinski definition) is 0. The normalized spacial score (nSPS) is 11.2. The second-order valence-electron chi connectivity index (χ2n) is 5.17. The van der Waals surface area contributed by atoms with E-state index in [1.54, 1.807) is 0 Å². The molecule has 20 heavy (non-hydrogen) atoms. The summed E-state index contributed by atoms with van der Waals surface area (Å²) >= 11 is 0. The Labute approximate surface area is 118 Å². The second-order valence-corrected chi connectivity index (χ2v) is 5.17. The number of rotatable bonds is 1. The highest BCUT2D eigenvalue weighted by Crippen LogP contribution is 2.36. The van der Waals surface area contributed by atoms with Gasteiger partial charge in [0.15, 0.2) is 0 Å². The van der Waals surface area contributed by atoms with Crippen molar-refractivity contribution < 1.29 is 0 Å². The second kappa shape index (κ2) is 4.24. The average Bonchev–Trinajstić information content (AvgIpc) is 2.84. The molecule has 0 radical (unpaired) electrons. The predicted octanol–water partition coefficient (Wildman–Crippen LogP) is 5.07. The van der Waals surface area contributed by atoms with E-state index < -0.39 is 0 Å². The largest absolute Gasteiger partial charge is 0.316 e. The van der Waals surface area contributed by atoms with E-state index in [-0.39, 0.29) is 0 Å². The number of aryl methyl sites for hydroxylation is 1. The molecule has 0 aliphatic rings. The van der Waals surface area contributed by atoms with Gasteiger partial charge in [-0.25, -0.2) is 0 Å². The van der Waals surface area contributed by atoms with Crippen LogP contribution in [0.5, 0.6) is 0 Å². The lowest BCUT2D eigenvalue weighted by Crippen LogP contribution is -1.84. The quantitative estimate of drug-likeness (QED) is 0.448. The molecule has 0 amide bonds. The predicted molar refractivity (Wildman–Crippen MR) is 85.1 cm³/mol. The fourth-order valence-electron chi connectivity index (χ4n) is 3.07. The Morgan fingerprint density at radius 2 is 1.55 bits per heavy atom. The van der Waals surface area contributed by atoms with Gasteiger partial charge in [-0.2, -0.15) is 0 Å². The molecular weight excluding hydrogens is 242 g/mol. The number of benzene rings is 2. The zero-order valence-electron chi connectivity index (χ0n) is 11.4. The van der Waals surface area contributed by atoms with Crippen molar-refractivity contribution >= 4 is 16.4 Å². The van der Waals surface area contributed by atoms with E-state index in [0.29, 0.717) is 0 Å². The summed E-state index contributed by atoms with van der Waals surface area (Å²) in [6.45, 7) is 2.18. The maximum Gasteiger partial charge on any atom is 0.0564 e. The van der Waals surface area contributed by atoms with Crippen LogP contribution < -0.4 is 0 Å². The highest BCUT2D eigenvalue weighted by molar-refractivity contribution is 6.06. The third-order valence-corrected chi connectivity index (χ3v) is 3.93. The molecule has 0 atom stereocenters. The van der Waals surface area contributed by atoms with Gasteiger partial charge in [0.25, 0.3) is 0 Å². The van der Waals surface area contributed by atoms with Crippen LogP contribution in [0, 0.1) is 6.92 Å². The van der Waals surface area contributed by atoms with E-state index in [9.17, 15) is 0 Å². The molecule has 1 nitrogen and oxygen atoms in total. The average molecular weight is 257 g/mol. The number of fused-ring (bicyclic) bond motifs is 3. The van der Waals surface area contributed by atoms with E-state index >= 15 is 0 Å². The molecular formula is C19H15N. The van der Waals surface area contributed by atoms with Crippen LogP contribution in [-0.4, -0.2) is 4.40 Å². The van der Waals surface area contributed by atoms with Crippen LogP contribution in [0.3, 0.4) is 0 Å². The van der Waals surface area contributed by atoms with Crippen molar-refractivity contribution in [2.24, 2.45) is 0 Å². The molecule has 2 aromatic carbocycles. The van der Waals surface area contributed by atoms with Crippen molar-refractivity contribution in [2.45, 2.75) is 6.92 Å². The summed E-state index contributed by atoms with van der Waals surface area (Å²) < 4.78 is 2.30. The number of hydrogen-bond donors (Lipinski definition) is 0. The molecule has 0 unspecified atom stereocenters. The molecule has 2 heterocycles. The van der Waals surface area contributed by atoms with Gasteiger partial charge in [-0.3, -0.25) is 0 Å². The van der Waals surface area contributed by atoms with Gasteiger partial charge < -0.3 is 4.40 Å². The third kappa shape index (κ3) is 1.50. The van der Waals surface area contributed by atoms with Gasteiger partial charge >= 0.3 is 0 Å². The number of aromatic nitrogens is 1. The summed E-state index contributed by atoms with van der Waals surface area (Å²) in [5.74, 6) is 0. The van der Waals surface area contributed by atoms with E-state index in [0.717, 1.165) is 0 Å². The first-order valence-electron chi connectivity index (χ1n) is 6.90. The van der Waals surface area contributed by atoms with E-state index in [2.05, 4.69) is 84.3 Å². The zero-order chi connectivity index (χ0) is 13.5. The molecule has 0 N–H and O–H groups in total. The van der Waals surface area contributed by atoms with Gasteiger partial charge in [0.1, 0.15) is 0 Å². The SMILES string of the molecule is Cc1cccc2c(-c3ccccc3)c3ccccn3c12. The van der Waals surface area contributed by atoms with E-state index in [1.165, 1.54) is 33.1 Å². The van der Waals surface area contributed by atoms with Crippen LogP contribution in [0.1, 0.15) is 5.56 Å². The molecule has 0 aliphatic heterocycles. The summed E-state index contributed by atoms with van der Waals surface area (Å²) in [6, 6.07) is 23.6. The van der Waals surface area contributed by atoms with E-state index in [4.69, 9.17) is 0 Å². The molecule has 1 heteroatoms. The highest BCUT2D eigenvalue weighted by atomic mass is 14.9. The lowest BCUT2D eigenvalue weighted by Gasteiger charge is -2.00. The van der Waals surface area contributed by atoms with Crippen molar-refractivity contribution in [2.75, 3.05) is 0 Å². The first-order chi connectivity index (χ1) is 9.86. The molecule has 0 bridgehead atoms. The van der Waals surface area contributed by atoms with Crippen molar-refractivity contribution in [1.82, 2.24) is 4.40 Å². The van der Waals surface area contributed by atoms with Gasteiger partial charge in [-0.15, -0.1) is 0 Å². The topological polar surface area (TPSA) is 4.41 Å². The number of nitrogens with zero attached hydrogens (tertiary/aromatic N) is 1. The minimum atomic E-state index is 1.27. The van der Waals surface area contributed by atoms with Crippen molar-refractivity contribution in [3.63, 3.8) is 0 Å². The molecule has 96 valence electrons. The van der Waals surface area contributed by atoms with Crippen molar-refractivity contribution in [1.29, 1.82) is 0 Å². The summed E-state index contributed by atoms with van der Waals surface area (Å²) in [4.78, 5) is 0. The minimum Gasteiger partial charge on any atom is -0.316 e. The lowest BCUT2D eigenvalue weighted by atomic mass is 10.0. The fraction of sp³-hybridized carbons (Fsp3) is 0.0526. The van der Waals surface area contributed by atoms with Crippen LogP contribution in [0.2, 0.25) is 0 Å².